The van der Waals surface area contributed by atoms with Gasteiger partial charge >= 0.3 is 0 Å². The number of hydrogen-bond donors (Lipinski definition) is 1. The molecule has 1 aromatic carbocycles. The van der Waals surface area contributed by atoms with Gasteiger partial charge < -0.3 is 14.8 Å². The lowest BCUT2D eigenvalue weighted by atomic mass is 10.1. The van der Waals surface area contributed by atoms with Crippen molar-refractivity contribution < 1.29 is 9.47 Å². The first kappa shape index (κ1) is 14.0. The van der Waals surface area contributed by atoms with Crippen molar-refractivity contribution in [3.05, 3.63) is 29.8 Å². The van der Waals surface area contributed by atoms with Crippen molar-refractivity contribution in [1.29, 1.82) is 0 Å². The van der Waals surface area contributed by atoms with E-state index in [1.165, 1.54) is 5.56 Å². The molecular weight excluding hydrogens is 214 g/mol. The minimum Gasteiger partial charge on any atom is -0.497 e. The average Bonchev–Trinajstić information content (AvgIpc) is 2.38. The zero-order valence-corrected chi connectivity index (χ0v) is 11.0. The summed E-state index contributed by atoms with van der Waals surface area (Å²) in [5.41, 5.74) is 1.30. The molecular formula is C14H23NO2. The van der Waals surface area contributed by atoms with E-state index >= 15 is 0 Å². The fourth-order valence-electron chi connectivity index (χ4n) is 1.66. The van der Waals surface area contributed by atoms with E-state index in [4.69, 9.17) is 9.47 Å². The van der Waals surface area contributed by atoms with E-state index in [1.54, 1.807) is 7.11 Å². The Morgan fingerprint density at radius 3 is 2.47 bits per heavy atom. The van der Waals surface area contributed by atoms with Gasteiger partial charge in [0.15, 0.2) is 0 Å². The first-order valence-corrected chi connectivity index (χ1v) is 6.18. The van der Waals surface area contributed by atoms with Crippen molar-refractivity contribution in [3.8, 4) is 5.75 Å². The van der Waals surface area contributed by atoms with Crippen LogP contribution in [-0.2, 0) is 11.2 Å². The van der Waals surface area contributed by atoms with Gasteiger partial charge in [-0.3, -0.25) is 0 Å². The number of benzene rings is 1. The molecule has 0 spiro atoms. The van der Waals surface area contributed by atoms with E-state index in [2.05, 4.69) is 24.4 Å². The smallest absolute Gasteiger partial charge is 0.118 e. The molecule has 0 aliphatic heterocycles. The second-order valence-corrected chi connectivity index (χ2v) is 4.11. The van der Waals surface area contributed by atoms with Crippen LogP contribution in [0.5, 0.6) is 5.75 Å². The third kappa shape index (κ3) is 5.20. The summed E-state index contributed by atoms with van der Waals surface area (Å²) in [4.78, 5) is 0. The van der Waals surface area contributed by atoms with Crippen molar-refractivity contribution in [2.75, 3.05) is 27.4 Å². The van der Waals surface area contributed by atoms with E-state index in [9.17, 15) is 0 Å². The number of rotatable bonds is 8. The van der Waals surface area contributed by atoms with E-state index in [0.29, 0.717) is 6.04 Å². The summed E-state index contributed by atoms with van der Waals surface area (Å²) in [6.07, 6.45) is 2.04. The van der Waals surface area contributed by atoms with Crippen LogP contribution in [0.15, 0.2) is 24.3 Å². The maximum Gasteiger partial charge on any atom is 0.118 e. The number of hydrogen-bond acceptors (Lipinski definition) is 3. The Morgan fingerprint density at radius 1 is 1.24 bits per heavy atom. The summed E-state index contributed by atoms with van der Waals surface area (Å²) in [6.45, 7) is 3.72. The molecule has 1 rings (SSSR count). The topological polar surface area (TPSA) is 30.5 Å². The lowest BCUT2D eigenvalue weighted by Crippen LogP contribution is -2.32. The largest absolute Gasteiger partial charge is 0.497 e. The zero-order valence-electron chi connectivity index (χ0n) is 11.0. The van der Waals surface area contributed by atoms with Gasteiger partial charge in [-0.2, -0.15) is 0 Å². The number of likely N-dealkylation sites (N-methyl/N-ethyl adjacent to an activating group) is 1. The summed E-state index contributed by atoms with van der Waals surface area (Å²) in [7, 11) is 3.66. The van der Waals surface area contributed by atoms with Crippen molar-refractivity contribution in [3.63, 3.8) is 0 Å². The first-order valence-electron chi connectivity index (χ1n) is 6.18. The van der Waals surface area contributed by atoms with Gasteiger partial charge in [-0.25, -0.2) is 0 Å². The predicted molar refractivity (Wildman–Crippen MR) is 70.7 cm³/mol. The molecule has 0 aromatic heterocycles. The van der Waals surface area contributed by atoms with Crippen LogP contribution in [0.3, 0.4) is 0 Å². The third-order valence-electron chi connectivity index (χ3n) is 2.72. The van der Waals surface area contributed by atoms with Crippen LogP contribution < -0.4 is 10.1 Å². The maximum absolute atomic E-state index is 5.57. The van der Waals surface area contributed by atoms with Crippen LogP contribution in [0.1, 0.15) is 18.9 Å². The van der Waals surface area contributed by atoms with Crippen molar-refractivity contribution >= 4 is 0 Å². The summed E-state index contributed by atoms with van der Waals surface area (Å²) >= 11 is 0. The van der Waals surface area contributed by atoms with E-state index in [0.717, 1.165) is 31.8 Å². The Bertz CT molecular complexity index is 298. The highest BCUT2D eigenvalue weighted by atomic mass is 16.5. The molecule has 0 aliphatic rings. The van der Waals surface area contributed by atoms with Crippen molar-refractivity contribution in [2.45, 2.75) is 25.8 Å². The SMILES string of the molecule is CCCOCC(Cc1ccc(OC)cc1)NC. The fraction of sp³-hybridized carbons (Fsp3) is 0.571. The molecule has 0 bridgehead atoms. The molecule has 96 valence electrons. The number of ether oxygens (including phenoxy) is 2. The van der Waals surface area contributed by atoms with Gasteiger partial charge in [0.1, 0.15) is 5.75 Å². The Balaban J connectivity index is 2.43. The zero-order chi connectivity index (χ0) is 12.5. The highest BCUT2D eigenvalue weighted by Gasteiger charge is 2.07. The van der Waals surface area contributed by atoms with Crippen LogP contribution >= 0.6 is 0 Å². The molecule has 17 heavy (non-hydrogen) atoms. The number of methoxy groups -OCH3 is 1. The highest BCUT2D eigenvalue weighted by Crippen LogP contribution is 2.12. The summed E-state index contributed by atoms with van der Waals surface area (Å²) < 4.78 is 10.7. The van der Waals surface area contributed by atoms with Crippen molar-refractivity contribution in [1.82, 2.24) is 5.32 Å². The van der Waals surface area contributed by atoms with Gasteiger partial charge in [0.25, 0.3) is 0 Å². The molecule has 3 nitrogen and oxygen atoms in total. The predicted octanol–water partition coefficient (Wildman–Crippen LogP) is 2.25. The third-order valence-corrected chi connectivity index (χ3v) is 2.72. The summed E-state index contributed by atoms with van der Waals surface area (Å²) in [6, 6.07) is 8.56. The van der Waals surface area contributed by atoms with Crippen LogP contribution in [0.4, 0.5) is 0 Å². The fourth-order valence-corrected chi connectivity index (χ4v) is 1.66. The van der Waals surface area contributed by atoms with Gasteiger partial charge in [-0.15, -0.1) is 0 Å². The molecule has 1 N–H and O–H groups in total. The maximum atomic E-state index is 5.57. The first-order chi connectivity index (χ1) is 8.30. The van der Waals surface area contributed by atoms with Gasteiger partial charge in [-0.05, 0) is 37.6 Å². The molecule has 0 fully saturated rings. The Morgan fingerprint density at radius 2 is 1.94 bits per heavy atom. The van der Waals surface area contributed by atoms with E-state index < -0.39 is 0 Å². The molecule has 1 unspecified atom stereocenters. The van der Waals surface area contributed by atoms with Crippen LogP contribution in [0.2, 0.25) is 0 Å². The molecule has 0 radical (unpaired) electrons. The van der Waals surface area contributed by atoms with Gasteiger partial charge in [0.2, 0.25) is 0 Å². The summed E-state index contributed by atoms with van der Waals surface area (Å²) in [5.74, 6) is 0.900. The number of nitrogens with one attached hydrogen (secondary N) is 1. The molecule has 1 atom stereocenters. The molecule has 0 saturated heterocycles. The highest BCUT2D eigenvalue weighted by molar-refractivity contribution is 5.27. The van der Waals surface area contributed by atoms with Gasteiger partial charge in [0.05, 0.1) is 13.7 Å². The molecule has 0 aliphatic carbocycles. The Kier molecular flexibility index (Phi) is 6.67. The Hall–Kier alpha value is -1.06. The molecule has 0 amide bonds. The average molecular weight is 237 g/mol. The minimum atomic E-state index is 0.370. The molecule has 3 heteroatoms. The second kappa shape index (κ2) is 8.09. The quantitative estimate of drug-likeness (QED) is 0.703. The monoisotopic (exact) mass is 237 g/mol. The van der Waals surface area contributed by atoms with E-state index in [1.807, 2.05) is 19.2 Å². The Labute approximate surface area is 104 Å². The lowest BCUT2D eigenvalue weighted by molar-refractivity contribution is 0.114. The van der Waals surface area contributed by atoms with Crippen LogP contribution in [0, 0.1) is 0 Å². The summed E-state index contributed by atoms with van der Waals surface area (Å²) in [5, 5.41) is 3.28. The second-order valence-electron chi connectivity index (χ2n) is 4.11. The minimum absolute atomic E-state index is 0.370. The van der Waals surface area contributed by atoms with Gasteiger partial charge in [0, 0.05) is 12.6 Å². The molecule has 0 saturated carbocycles. The van der Waals surface area contributed by atoms with Crippen LogP contribution in [0.25, 0.3) is 0 Å². The molecule has 1 aromatic rings. The lowest BCUT2D eigenvalue weighted by Gasteiger charge is -2.16. The molecule has 0 heterocycles. The van der Waals surface area contributed by atoms with Crippen molar-refractivity contribution in [2.24, 2.45) is 0 Å². The standard InChI is InChI=1S/C14H23NO2/c1-4-9-17-11-13(15-2)10-12-5-7-14(16-3)8-6-12/h5-8,13,15H,4,9-11H2,1-3H3. The normalized spacial score (nSPS) is 12.4. The van der Waals surface area contributed by atoms with E-state index in [-0.39, 0.29) is 0 Å². The van der Waals surface area contributed by atoms with Crippen LogP contribution in [-0.4, -0.2) is 33.4 Å². The van der Waals surface area contributed by atoms with Gasteiger partial charge in [-0.1, -0.05) is 19.1 Å².